The van der Waals surface area contributed by atoms with E-state index in [-0.39, 0.29) is 11.9 Å². The maximum atomic E-state index is 12.0. The lowest BCUT2D eigenvalue weighted by atomic mass is 10.1. The van der Waals surface area contributed by atoms with Gasteiger partial charge in [-0.1, -0.05) is 41.1 Å². The van der Waals surface area contributed by atoms with E-state index < -0.39 is 6.09 Å². The molecule has 1 saturated heterocycles. The number of anilines is 2. The Morgan fingerprint density at radius 3 is 2.63 bits per heavy atom. The molecule has 1 fully saturated rings. The number of carbonyl (C=O) groups is 2. The number of likely N-dealkylation sites (tertiary alicyclic amines) is 1. The summed E-state index contributed by atoms with van der Waals surface area (Å²) in [4.78, 5) is 24.3. The van der Waals surface area contributed by atoms with Gasteiger partial charge in [0, 0.05) is 30.2 Å². The van der Waals surface area contributed by atoms with Crippen LogP contribution >= 0.6 is 22.9 Å². The minimum atomic E-state index is -0.890. The number of aromatic nitrogens is 2. The van der Waals surface area contributed by atoms with Gasteiger partial charge in [-0.25, -0.2) is 4.79 Å². The predicted octanol–water partition coefficient (Wildman–Crippen LogP) is 3.40. The highest BCUT2D eigenvalue weighted by Gasteiger charge is 2.23. The molecule has 3 rings (SSSR count). The van der Waals surface area contributed by atoms with Crippen molar-refractivity contribution in [2.75, 3.05) is 23.7 Å². The molecule has 1 aromatic heterocycles. The molecule has 0 unspecified atom stereocenters. The summed E-state index contributed by atoms with van der Waals surface area (Å²) >= 11 is 7.27. The van der Waals surface area contributed by atoms with Crippen molar-refractivity contribution in [1.29, 1.82) is 0 Å². The first kappa shape index (κ1) is 19.1. The average Bonchev–Trinajstić information content (AvgIpc) is 3.08. The van der Waals surface area contributed by atoms with Crippen LogP contribution in [-0.4, -0.2) is 51.3 Å². The van der Waals surface area contributed by atoms with E-state index in [1.807, 2.05) is 18.2 Å². The number of halogens is 1. The van der Waals surface area contributed by atoms with Crippen LogP contribution < -0.4 is 10.6 Å². The number of benzene rings is 1. The molecular formula is C17H18ClN5O3S. The lowest BCUT2D eigenvalue weighted by Gasteiger charge is -2.30. The summed E-state index contributed by atoms with van der Waals surface area (Å²) < 4.78 is 0. The molecule has 0 aliphatic carbocycles. The summed E-state index contributed by atoms with van der Waals surface area (Å²) in [7, 11) is 0. The van der Waals surface area contributed by atoms with Crippen molar-refractivity contribution >= 4 is 51.3 Å². The van der Waals surface area contributed by atoms with Crippen LogP contribution in [0, 0.1) is 0 Å². The first-order valence-corrected chi connectivity index (χ1v) is 9.52. The molecule has 2 heterocycles. The Morgan fingerprint density at radius 1 is 1.22 bits per heavy atom. The summed E-state index contributed by atoms with van der Waals surface area (Å²) in [6.45, 7) is 0.977. The topological polar surface area (TPSA) is 107 Å². The van der Waals surface area contributed by atoms with Crippen LogP contribution in [0.15, 0.2) is 30.3 Å². The molecule has 2 amide bonds. The van der Waals surface area contributed by atoms with Crippen molar-refractivity contribution < 1.29 is 14.7 Å². The molecule has 3 N–H and O–H groups in total. The molecular weight excluding hydrogens is 390 g/mol. The Morgan fingerprint density at radius 2 is 1.93 bits per heavy atom. The van der Waals surface area contributed by atoms with Gasteiger partial charge >= 0.3 is 6.09 Å². The quantitative estimate of drug-likeness (QED) is 0.655. The fraction of sp³-hybridized carbons (Fsp3) is 0.294. The zero-order valence-corrected chi connectivity index (χ0v) is 15.8. The first-order valence-electron chi connectivity index (χ1n) is 8.33. The molecule has 0 bridgehead atoms. The van der Waals surface area contributed by atoms with Crippen molar-refractivity contribution in [3.05, 3.63) is 40.9 Å². The van der Waals surface area contributed by atoms with Crippen LogP contribution in [0.3, 0.4) is 0 Å². The van der Waals surface area contributed by atoms with Gasteiger partial charge in [-0.2, -0.15) is 0 Å². The van der Waals surface area contributed by atoms with E-state index in [2.05, 4.69) is 20.8 Å². The SMILES string of the molecule is O=C(C=Cc1ccccc1Cl)Nc1nnc(NC2CCN(C(=O)O)CC2)s1. The Bertz CT molecular complexity index is 849. The summed E-state index contributed by atoms with van der Waals surface area (Å²) in [6, 6.07) is 7.36. The highest BCUT2D eigenvalue weighted by Crippen LogP contribution is 2.23. The van der Waals surface area contributed by atoms with Gasteiger partial charge in [0.2, 0.25) is 16.2 Å². The number of hydrogen-bond acceptors (Lipinski definition) is 6. The second-order valence-electron chi connectivity index (χ2n) is 5.94. The fourth-order valence-corrected chi connectivity index (χ4v) is 3.57. The van der Waals surface area contributed by atoms with Crippen LogP contribution in [0.1, 0.15) is 18.4 Å². The van der Waals surface area contributed by atoms with Crippen LogP contribution in [-0.2, 0) is 4.79 Å². The fourth-order valence-electron chi connectivity index (χ4n) is 2.64. The molecule has 0 saturated carbocycles. The molecule has 2 aromatic rings. The zero-order chi connectivity index (χ0) is 19.2. The smallest absolute Gasteiger partial charge is 0.407 e. The van der Waals surface area contributed by atoms with E-state index >= 15 is 0 Å². The van der Waals surface area contributed by atoms with Gasteiger partial charge < -0.3 is 15.3 Å². The standard InChI is InChI=1S/C17H18ClN5O3S/c18-13-4-2-1-3-11(13)5-6-14(24)20-16-22-21-15(27-16)19-12-7-9-23(10-8-12)17(25)26/h1-6,12H,7-10H2,(H,19,21)(H,25,26)(H,20,22,24). The Labute approximate surface area is 164 Å². The highest BCUT2D eigenvalue weighted by atomic mass is 35.5. The summed E-state index contributed by atoms with van der Waals surface area (Å²) in [5.41, 5.74) is 0.752. The van der Waals surface area contributed by atoms with Gasteiger partial charge in [-0.15, -0.1) is 10.2 Å². The van der Waals surface area contributed by atoms with Gasteiger partial charge in [0.05, 0.1) is 0 Å². The zero-order valence-electron chi connectivity index (χ0n) is 14.3. The van der Waals surface area contributed by atoms with E-state index in [0.717, 1.165) is 5.56 Å². The Balaban J connectivity index is 1.50. The number of hydrogen-bond donors (Lipinski definition) is 3. The van der Waals surface area contributed by atoms with E-state index in [1.165, 1.54) is 22.3 Å². The van der Waals surface area contributed by atoms with Crippen LogP contribution in [0.25, 0.3) is 6.08 Å². The lowest BCUT2D eigenvalue weighted by Crippen LogP contribution is -2.41. The summed E-state index contributed by atoms with van der Waals surface area (Å²) in [5.74, 6) is -0.326. The van der Waals surface area contributed by atoms with Crippen molar-refractivity contribution in [1.82, 2.24) is 15.1 Å². The molecule has 1 aliphatic rings. The maximum absolute atomic E-state index is 12.0. The molecule has 142 valence electrons. The maximum Gasteiger partial charge on any atom is 0.407 e. The van der Waals surface area contributed by atoms with Crippen molar-refractivity contribution in [2.45, 2.75) is 18.9 Å². The number of amides is 2. The first-order chi connectivity index (χ1) is 13.0. The molecule has 1 aromatic carbocycles. The molecule has 1 aliphatic heterocycles. The summed E-state index contributed by atoms with van der Waals surface area (Å²) in [5, 5.41) is 24.4. The van der Waals surface area contributed by atoms with Crippen molar-refractivity contribution in [3.63, 3.8) is 0 Å². The van der Waals surface area contributed by atoms with Gasteiger partial charge in [-0.05, 0) is 30.5 Å². The number of piperidine rings is 1. The van der Waals surface area contributed by atoms with E-state index in [1.54, 1.807) is 12.1 Å². The number of carbonyl (C=O) groups excluding carboxylic acids is 1. The molecule has 8 nitrogen and oxygen atoms in total. The van der Waals surface area contributed by atoms with Crippen LogP contribution in [0.5, 0.6) is 0 Å². The summed E-state index contributed by atoms with van der Waals surface area (Å²) in [6.07, 6.45) is 3.53. The van der Waals surface area contributed by atoms with Gasteiger partial charge in [0.15, 0.2) is 0 Å². The van der Waals surface area contributed by atoms with Gasteiger partial charge in [0.25, 0.3) is 0 Å². The van der Waals surface area contributed by atoms with Crippen molar-refractivity contribution in [2.24, 2.45) is 0 Å². The Hall–Kier alpha value is -2.65. The van der Waals surface area contributed by atoms with E-state index in [0.29, 0.717) is 41.2 Å². The van der Waals surface area contributed by atoms with E-state index in [4.69, 9.17) is 16.7 Å². The second-order valence-corrected chi connectivity index (χ2v) is 7.33. The lowest BCUT2D eigenvalue weighted by molar-refractivity contribution is -0.111. The third-order valence-corrected chi connectivity index (χ3v) is 5.18. The van der Waals surface area contributed by atoms with Crippen LogP contribution in [0.2, 0.25) is 5.02 Å². The normalized spacial score (nSPS) is 15.1. The molecule has 10 heteroatoms. The number of nitrogens with zero attached hydrogens (tertiary/aromatic N) is 3. The average molecular weight is 408 g/mol. The number of carboxylic acid groups (broad SMARTS) is 1. The second kappa shape index (κ2) is 8.83. The van der Waals surface area contributed by atoms with Gasteiger partial charge in [0.1, 0.15) is 0 Å². The number of nitrogens with one attached hydrogen (secondary N) is 2. The molecule has 0 atom stereocenters. The third kappa shape index (κ3) is 5.41. The highest BCUT2D eigenvalue weighted by molar-refractivity contribution is 7.19. The minimum Gasteiger partial charge on any atom is -0.465 e. The molecule has 0 spiro atoms. The minimum absolute atomic E-state index is 0.136. The van der Waals surface area contributed by atoms with E-state index in [9.17, 15) is 9.59 Å². The van der Waals surface area contributed by atoms with Crippen molar-refractivity contribution in [3.8, 4) is 0 Å². The largest absolute Gasteiger partial charge is 0.465 e. The molecule has 0 radical (unpaired) electrons. The Kier molecular flexibility index (Phi) is 6.25. The predicted molar refractivity (Wildman–Crippen MR) is 105 cm³/mol. The van der Waals surface area contributed by atoms with Gasteiger partial charge in [-0.3, -0.25) is 10.1 Å². The number of rotatable bonds is 5. The van der Waals surface area contributed by atoms with Crippen LogP contribution in [0.4, 0.5) is 15.1 Å². The molecule has 27 heavy (non-hydrogen) atoms. The third-order valence-electron chi connectivity index (χ3n) is 4.07. The monoisotopic (exact) mass is 407 g/mol.